The minimum absolute atomic E-state index is 0.280. The number of carbonyl (C=O) groups excluding carboxylic acids is 4. The highest BCUT2D eigenvalue weighted by Gasteiger charge is 2.45. The third-order valence-corrected chi connectivity index (χ3v) is 7.66. The maximum absolute atomic E-state index is 13.8. The molecule has 0 saturated carbocycles. The summed E-state index contributed by atoms with van der Waals surface area (Å²) in [5.41, 5.74) is 2.11. The van der Waals surface area contributed by atoms with Crippen molar-refractivity contribution in [3.8, 4) is 0 Å². The molecular weight excluding hydrogens is 468 g/mol. The predicted octanol–water partition coefficient (Wildman–Crippen LogP) is 3.55. The van der Waals surface area contributed by atoms with Crippen LogP contribution in [0.3, 0.4) is 0 Å². The number of piperazine rings is 1. The molecule has 0 unspecified atom stereocenters. The number of hydrazine groups is 1. The molecule has 37 heavy (non-hydrogen) atoms. The molecular formula is C29H22N4O4. The first-order chi connectivity index (χ1) is 18.0. The molecule has 0 aromatic heterocycles. The van der Waals surface area contributed by atoms with Crippen LogP contribution in [0, 0.1) is 0 Å². The average Bonchev–Trinajstić information content (AvgIpc) is 2.92. The molecule has 4 aromatic carbocycles. The molecule has 7 rings (SSSR count). The number of nitrogens with zero attached hydrogens (tertiary/aromatic N) is 4. The molecule has 4 amide bonds. The zero-order chi connectivity index (χ0) is 25.4. The summed E-state index contributed by atoms with van der Waals surface area (Å²) >= 11 is 0. The van der Waals surface area contributed by atoms with Gasteiger partial charge >= 0.3 is 0 Å². The molecule has 1 saturated heterocycles. The van der Waals surface area contributed by atoms with Gasteiger partial charge in [0.1, 0.15) is 0 Å². The Hall–Kier alpha value is -4.56. The van der Waals surface area contributed by atoms with E-state index < -0.39 is 23.6 Å². The van der Waals surface area contributed by atoms with Crippen LogP contribution in [0.4, 0.5) is 5.69 Å². The Balaban J connectivity index is 1.36. The van der Waals surface area contributed by atoms with Crippen LogP contribution in [-0.2, 0) is 0 Å². The molecule has 4 aromatic rings. The van der Waals surface area contributed by atoms with Crippen LogP contribution in [0.25, 0.3) is 21.5 Å². The zero-order valence-electron chi connectivity index (χ0n) is 20.1. The standard InChI is InChI=1S/C29H22N4O4/c1-30-13-15-31(16-14-30)23-12-11-22-25-18(23)7-4-10-21(25)28(36)33(29(22)37)32-26(34)19-8-2-5-17-6-3-9-20(24(17)19)27(32)35/h2-12H,13-16H2,1H3. The van der Waals surface area contributed by atoms with E-state index in [9.17, 15) is 19.2 Å². The van der Waals surface area contributed by atoms with Gasteiger partial charge in [0.05, 0.1) is 22.3 Å². The second-order valence-electron chi connectivity index (χ2n) is 9.70. The van der Waals surface area contributed by atoms with Gasteiger partial charge < -0.3 is 9.80 Å². The Bertz CT molecular complexity index is 1630. The first-order valence-electron chi connectivity index (χ1n) is 12.2. The van der Waals surface area contributed by atoms with Crippen molar-refractivity contribution in [1.29, 1.82) is 0 Å². The average molecular weight is 491 g/mol. The van der Waals surface area contributed by atoms with E-state index in [-0.39, 0.29) is 11.1 Å². The SMILES string of the molecule is CN1CCN(c2ccc3c4c(cccc24)C(=O)N(N2C(=O)c4cccc5cccc(c45)C2=O)C3=O)CC1. The predicted molar refractivity (Wildman–Crippen MR) is 139 cm³/mol. The lowest BCUT2D eigenvalue weighted by atomic mass is 9.92. The van der Waals surface area contributed by atoms with Crippen LogP contribution < -0.4 is 4.90 Å². The van der Waals surface area contributed by atoms with E-state index in [0.29, 0.717) is 31.9 Å². The van der Waals surface area contributed by atoms with E-state index in [1.54, 1.807) is 42.5 Å². The Morgan fingerprint density at radius 1 is 0.541 bits per heavy atom. The summed E-state index contributed by atoms with van der Waals surface area (Å²) in [7, 11) is 2.09. The highest BCUT2D eigenvalue weighted by molar-refractivity contribution is 6.31. The second kappa shape index (κ2) is 7.72. The molecule has 8 heteroatoms. The Morgan fingerprint density at radius 2 is 1.03 bits per heavy atom. The molecule has 0 N–H and O–H groups in total. The molecule has 3 heterocycles. The summed E-state index contributed by atoms with van der Waals surface area (Å²) in [6, 6.07) is 19.3. The maximum atomic E-state index is 13.8. The number of likely N-dealkylation sites (N-methyl/N-ethyl adjacent to an activating group) is 1. The van der Waals surface area contributed by atoms with Crippen LogP contribution in [-0.4, -0.2) is 71.8 Å². The van der Waals surface area contributed by atoms with Crippen molar-refractivity contribution >= 4 is 50.9 Å². The summed E-state index contributed by atoms with van der Waals surface area (Å²) < 4.78 is 0. The molecule has 1 fully saturated rings. The lowest BCUT2D eigenvalue weighted by Gasteiger charge is -2.38. The van der Waals surface area contributed by atoms with Gasteiger partial charge in [0.25, 0.3) is 23.6 Å². The van der Waals surface area contributed by atoms with E-state index in [1.165, 1.54) is 0 Å². The van der Waals surface area contributed by atoms with Gasteiger partial charge in [-0.05, 0) is 42.8 Å². The van der Waals surface area contributed by atoms with Crippen molar-refractivity contribution in [2.75, 3.05) is 38.1 Å². The number of anilines is 1. The molecule has 0 aliphatic carbocycles. The number of hydrogen-bond donors (Lipinski definition) is 0. The zero-order valence-corrected chi connectivity index (χ0v) is 20.1. The number of carbonyl (C=O) groups is 4. The van der Waals surface area contributed by atoms with Crippen molar-refractivity contribution in [1.82, 2.24) is 14.9 Å². The number of imide groups is 2. The minimum atomic E-state index is -0.694. The van der Waals surface area contributed by atoms with E-state index in [4.69, 9.17) is 0 Å². The van der Waals surface area contributed by atoms with Gasteiger partial charge in [-0.3, -0.25) is 19.2 Å². The minimum Gasteiger partial charge on any atom is -0.368 e. The first-order valence-corrected chi connectivity index (χ1v) is 12.2. The van der Waals surface area contributed by atoms with Crippen molar-refractivity contribution in [3.05, 3.63) is 89.0 Å². The van der Waals surface area contributed by atoms with E-state index in [1.807, 2.05) is 24.3 Å². The monoisotopic (exact) mass is 490 g/mol. The Labute approximate surface area is 212 Å². The van der Waals surface area contributed by atoms with Gasteiger partial charge in [-0.25, -0.2) is 0 Å². The maximum Gasteiger partial charge on any atom is 0.281 e. The summed E-state index contributed by atoms with van der Waals surface area (Å²) in [5.74, 6) is -2.76. The van der Waals surface area contributed by atoms with Crippen LogP contribution in [0.15, 0.2) is 66.7 Å². The second-order valence-corrected chi connectivity index (χ2v) is 9.70. The number of hydrogen-bond acceptors (Lipinski definition) is 6. The summed E-state index contributed by atoms with van der Waals surface area (Å²) in [5, 5.41) is 4.08. The molecule has 0 bridgehead atoms. The fourth-order valence-corrected chi connectivity index (χ4v) is 5.77. The molecule has 0 radical (unpaired) electrons. The van der Waals surface area contributed by atoms with E-state index >= 15 is 0 Å². The fraction of sp³-hybridized carbons (Fsp3) is 0.172. The molecule has 0 spiro atoms. The fourth-order valence-electron chi connectivity index (χ4n) is 5.77. The van der Waals surface area contributed by atoms with Gasteiger partial charge in [0, 0.05) is 48.0 Å². The third kappa shape index (κ3) is 2.93. The third-order valence-electron chi connectivity index (χ3n) is 7.66. The van der Waals surface area contributed by atoms with Gasteiger partial charge in [0.15, 0.2) is 0 Å². The van der Waals surface area contributed by atoms with Gasteiger partial charge in [-0.2, -0.15) is 10.0 Å². The van der Waals surface area contributed by atoms with Gasteiger partial charge in [-0.1, -0.05) is 36.4 Å². The number of benzene rings is 4. The summed E-state index contributed by atoms with van der Waals surface area (Å²) in [6.45, 7) is 3.51. The summed E-state index contributed by atoms with van der Waals surface area (Å²) in [6.07, 6.45) is 0. The lowest BCUT2D eigenvalue weighted by molar-refractivity contribution is 0.00212. The van der Waals surface area contributed by atoms with Crippen molar-refractivity contribution in [3.63, 3.8) is 0 Å². The number of rotatable bonds is 2. The van der Waals surface area contributed by atoms with Crippen LogP contribution in [0.2, 0.25) is 0 Å². The van der Waals surface area contributed by atoms with Gasteiger partial charge in [0.2, 0.25) is 0 Å². The number of amides is 4. The molecule has 182 valence electrons. The quantitative estimate of drug-likeness (QED) is 0.400. The van der Waals surface area contributed by atoms with E-state index in [0.717, 1.165) is 42.6 Å². The van der Waals surface area contributed by atoms with Crippen molar-refractivity contribution in [2.24, 2.45) is 0 Å². The Kier molecular flexibility index (Phi) is 4.53. The lowest BCUT2D eigenvalue weighted by Crippen LogP contribution is -2.58. The molecule has 8 nitrogen and oxygen atoms in total. The summed E-state index contributed by atoms with van der Waals surface area (Å²) in [4.78, 5) is 59.4. The molecule has 3 aliphatic heterocycles. The van der Waals surface area contributed by atoms with E-state index in [2.05, 4.69) is 16.8 Å². The van der Waals surface area contributed by atoms with Crippen LogP contribution in [0.5, 0.6) is 0 Å². The van der Waals surface area contributed by atoms with Crippen molar-refractivity contribution < 1.29 is 19.2 Å². The largest absolute Gasteiger partial charge is 0.368 e. The first kappa shape index (κ1) is 21.7. The van der Waals surface area contributed by atoms with Crippen LogP contribution >= 0.6 is 0 Å². The molecule has 3 aliphatic rings. The topological polar surface area (TPSA) is 81.2 Å². The van der Waals surface area contributed by atoms with Crippen molar-refractivity contribution in [2.45, 2.75) is 0 Å². The highest BCUT2D eigenvalue weighted by Crippen LogP contribution is 2.38. The smallest absolute Gasteiger partial charge is 0.281 e. The Morgan fingerprint density at radius 3 is 1.59 bits per heavy atom. The van der Waals surface area contributed by atoms with Crippen LogP contribution in [0.1, 0.15) is 41.4 Å². The molecule has 0 atom stereocenters. The highest BCUT2D eigenvalue weighted by atomic mass is 16.2. The normalized spacial score (nSPS) is 17.9. The van der Waals surface area contributed by atoms with Gasteiger partial charge in [-0.15, -0.1) is 0 Å².